The van der Waals surface area contributed by atoms with E-state index in [0.717, 1.165) is 39.9 Å². The fourth-order valence-electron chi connectivity index (χ4n) is 3.36. The average Bonchev–Trinajstić information content (AvgIpc) is 3.54. The molecule has 1 amide bonds. The molecule has 0 spiro atoms. The van der Waals surface area contributed by atoms with E-state index in [1.165, 1.54) is 0 Å². The van der Waals surface area contributed by atoms with E-state index < -0.39 is 0 Å². The number of hydrogen-bond donors (Lipinski definition) is 3. The highest BCUT2D eigenvalue weighted by Gasteiger charge is 2.12. The maximum Gasteiger partial charge on any atom is 0.251 e. The number of benzene rings is 1. The number of aryl methyl sites for hydroxylation is 1. The summed E-state index contributed by atoms with van der Waals surface area (Å²) in [6, 6.07) is 9.73. The number of carbonyl (C=O) groups excluding carboxylic acids is 1. The minimum atomic E-state index is -0.0805. The molecule has 4 aromatic rings. The summed E-state index contributed by atoms with van der Waals surface area (Å²) in [5.41, 5.74) is 5.10. The van der Waals surface area contributed by atoms with Crippen molar-refractivity contribution in [3.8, 4) is 11.3 Å². The molecular weight excluding hydrogens is 462 g/mol. The van der Waals surface area contributed by atoms with Crippen molar-refractivity contribution in [2.24, 2.45) is 0 Å². The van der Waals surface area contributed by atoms with Gasteiger partial charge in [-0.25, -0.2) is 9.97 Å². The van der Waals surface area contributed by atoms with Gasteiger partial charge >= 0.3 is 0 Å². The number of aromatic nitrogens is 4. The second-order valence-corrected chi connectivity index (χ2v) is 7.39. The number of hydrogen-bond acceptors (Lipinski definition) is 4. The Balaban J connectivity index is 0.00000148. The van der Waals surface area contributed by atoms with Crippen LogP contribution in [0.15, 0.2) is 36.5 Å². The number of carbonyl (C=O) groups is 1. The first-order valence-electron chi connectivity index (χ1n) is 13.9. The molecule has 7 heteroatoms. The molecule has 4 rings (SSSR count). The lowest BCUT2D eigenvalue weighted by atomic mass is 10.1. The molecule has 0 aliphatic heterocycles. The zero-order valence-corrected chi connectivity index (χ0v) is 24.9. The predicted octanol–water partition coefficient (Wildman–Crippen LogP) is 8.06. The highest BCUT2D eigenvalue weighted by molar-refractivity contribution is 6.00. The molecule has 0 radical (unpaired) electrons. The standard InChI is InChI=1S/C22H25N5O2.4C2H6/c1-13(2)29-10-4-8-24-22(28)16-6-5-15-11-19(27-18(15)12-16)17-7-9-23-21-20(17)25-14(3)26-21;4*1-2/h5-7,9,11-13,27H,4,8,10H2,1-3H3,(H,24,28)(H,23,25,26);4*1-2H3. The summed E-state index contributed by atoms with van der Waals surface area (Å²) >= 11 is 0. The van der Waals surface area contributed by atoms with Crippen molar-refractivity contribution in [3.63, 3.8) is 0 Å². The average molecular weight is 512 g/mol. The summed E-state index contributed by atoms with van der Waals surface area (Å²) in [6.07, 6.45) is 2.76. The first-order chi connectivity index (χ1) is 18.0. The third-order valence-corrected chi connectivity index (χ3v) is 4.74. The molecule has 0 bridgehead atoms. The van der Waals surface area contributed by atoms with Gasteiger partial charge in [0.1, 0.15) is 5.82 Å². The first-order valence-corrected chi connectivity index (χ1v) is 13.9. The molecule has 0 saturated carbocycles. The number of aromatic amines is 2. The van der Waals surface area contributed by atoms with Gasteiger partial charge in [0, 0.05) is 47.1 Å². The van der Waals surface area contributed by atoms with E-state index in [1.807, 2.05) is 100 Å². The van der Waals surface area contributed by atoms with Crippen LogP contribution in [-0.4, -0.2) is 45.1 Å². The van der Waals surface area contributed by atoms with E-state index in [2.05, 4.69) is 31.3 Å². The lowest BCUT2D eigenvalue weighted by Crippen LogP contribution is -2.25. The van der Waals surface area contributed by atoms with Crippen LogP contribution in [0.1, 0.15) is 91.8 Å². The molecular formula is C30H49N5O2. The molecule has 0 unspecified atom stereocenters. The Morgan fingerprint density at radius 2 is 1.65 bits per heavy atom. The number of ether oxygens (including phenoxy) is 1. The molecule has 0 saturated heterocycles. The van der Waals surface area contributed by atoms with Crippen molar-refractivity contribution in [2.45, 2.75) is 88.7 Å². The van der Waals surface area contributed by atoms with Crippen LogP contribution >= 0.6 is 0 Å². The Labute approximate surface area is 223 Å². The smallest absolute Gasteiger partial charge is 0.251 e. The normalized spacial score (nSPS) is 9.73. The van der Waals surface area contributed by atoms with Gasteiger partial charge in [0.2, 0.25) is 0 Å². The number of H-pyrrole nitrogens is 2. The maximum absolute atomic E-state index is 12.5. The number of rotatable bonds is 7. The van der Waals surface area contributed by atoms with Crippen molar-refractivity contribution < 1.29 is 9.53 Å². The van der Waals surface area contributed by atoms with Gasteiger partial charge in [0.25, 0.3) is 5.91 Å². The number of imidazole rings is 1. The Morgan fingerprint density at radius 3 is 2.30 bits per heavy atom. The van der Waals surface area contributed by atoms with Crippen molar-refractivity contribution in [3.05, 3.63) is 47.9 Å². The fourth-order valence-corrected chi connectivity index (χ4v) is 3.36. The number of fused-ring (bicyclic) bond motifs is 2. The molecule has 3 N–H and O–H groups in total. The number of amides is 1. The summed E-state index contributed by atoms with van der Waals surface area (Å²) < 4.78 is 5.50. The fraction of sp³-hybridized carbons (Fsp3) is 0.500. The van der Waals surface area contributed by atoms with Crippen molar-refractivity contribution in [1.29, 1.82) is 0 Å². The molecule has 206 valence electrons. The lowest BCUT2D eigenvalue weighted by Gasteiger charge is -2.08. The van der Waals surface area contributed by atoms with Crippen molar-refractivity contribution in [2.75, 3.05) is 13.2 Å². The molecule has 7 nitrogen and oxygen atoms in total. The summed E-state index contributed by atoms with van der Waals surface area (Å²) in [5, 5.41) is 3.99. The molecule has 0 atom stereocenters. The third kappa shape index (κ3) is 10.00. The summed E-state index contributed by atoms with van der Waals surface area (Å²) in [7, 11) is 0. The topological polar surface area (TPSA) is 95.7 Å². The Morgan fingerprint density at radius 1 is 0.973 bits per heavy atom. The van der Waals surface area contributed by atoms with Crippen LogP contribution in [-0.2, 0) is 4.74 Å². The highest BCUT2D eigenvalue weighted by Crippen LogP contribution is 2.29. The van der Waals surface area contributed by atoms with Gasteiger partial charge in [-0.05, 0) is 51.5 Å². The van der Waals surface area contributed by atoms with E-state index in [1.54, 1.807) is 6.20 Å². The van der Waals surface area contributed by atoms with Gasteiger partial charge in [-0.3, -0.25) is 4.79 Å². The molecule has 1 aromatic carbocycles. The largest absolute Gasteiger partial charge is 0.379 e. The first kappa shape index (κ1) is 33.8. The van der Waals surface area contributed by atoms with E-state index in [-0.39, 0.29) is 12.0 Å². The zero-order valence-electron chi connectivity index (χ0n) is 24.9. The maximum atomic E-state index is 12.5. The van der Waals surface area contributed by atoms with Crippen LogP contribution in [0.4, 0.5) is 0 Å². The van der Waals surface area contributed by atoms with Crippen LogP contribution in [0.25, 0.3) is 33.3 Å². The summed E-state index contributed by atoms with van der Waals surface area (Å²) in [6.45, 7) is 23.2. The molecule has 3 heterocycles. The molecule has 0 fully saturated rings. The van der Waals surface area contributed by atoms with Crippen LogP contribution < -0.4 is 5.32 Å². The predicted molar refractivity (Wildman–Crippen MR) is 159 cm³/mol. The third-order valence-electron chi connectivity index (χ3n) is 4.74. The van der Waals surface area contributed by atoms with Gasteiger partial charge in [-0.15, -0.1) is 0 Å². The Hall–Kier alpha value is -3.19. The van der Waals surface area contributed by atoms with E-state index >= 15 is 0 Å². The SMILES string of the molecule is CC.CC.CC.CC.Cc1nc2nccc(-c3cc4ccc(C(=O)NCCCOC(C)C)cc4[nH]3)c2[nH]1. The van der Waals surface area contributed by atoms with Crippen LogP contribution in [0.3, 0.4) is 0 Å². The summed E-state index contributed by atoms with van der Waals surface area (Å²) in [4.78, 5) is 27.9. The number of pyridine rings is 1. The van der Waals surface area contributed by atoms with E-state index in [9.17, 15) is 4.79 Å². The zero-order chi connectivity index (χ0) is 28.4. The quantitative estimate of drug-likeness (QED) is 0.219. The van der Waals surface area contributed by atoms with Gasteiger partial charge in [0.15, 0.2) is 5.65 Å². The summed E-state index contributed by atoms with van der Waals surface area (Å²) in [5.74, 6) is 0.747. The lowest BCUT2D eigenvalue weighted by molar-refractivity contribution is 0.0757. The van der Waals surface area contributed by atoms with E-state index in [4.69, 9.17) is 4.74 Å². The number of nitrogens with zero attached hydrogens (tertiary/aromatic N) is 2. The molecule has 37 heavy (non-hydrogen) atoms. The van der Waals surface area contributed by atoms with Crippen LogP contribution in [0, 0.1) is 6.92 Å². The van der Waals surface area contributed by atoms with Gasteiger partial charge in [-0.1, -0.05) is 61.5 Å². The second kappa shape index (κ2) is 19.0. The second-order valence-electron chi connectivity index (χ2n) is 7.39. The molecule has 3 aromatic heterocycles. The van der Waals surface area contributed by atoms with Crippen LogP contribution in [0.2, 0.25) is 0 Å². The monoisotopic (exact) mass is 511 g/mol. The van der Waals surface area contributed by atoms with E-state index in [0.29, 0.717) is 24.4 Å². The van der Waals surface area contributed by atoms with Crippen LogP contribution in [0.5, 0.6) is 0 Å². The minimum absolute atomic E-state index is 0.0805. The number of nitrogens with one attached hydrogen (secondary N) is 3. The van der Waals surface area contributed by atoms with Gasteiger partial charge in [-0.2, -0.15) is 0 Å². The highest BCUT2D eigenvalue weighted by atomic mass is 16.5. The minimum Gasteiger partial charge on any atom is -0.379 e. The Bertz CT molecular complexity index is 1160. The van der Waals surface area contributed by atoms with Crippen molar-refractivity contribution in [1.82, 2.24) is 25.3 Å². The molecule has 0 aliphatic rings. The van der Waals surface area contributed by atoms with Gasteiger partial charge < -0.3 is 20.0 Å². The molecule has 0 aliphatic carbocycles. The van der Waals surface area contributed by atoms with Crippen molar-refractivity contribution >= 4 is 28.0 Å². The Kier molecular flexibility index (Phi) is 17.4. The van der Waals surface area contributed by atoms with Gasteiger partial charge in [0.05, 0.1) is 11.6 Å².